The summed E-state index contributed by atoms with van der Waals surface area (Å²) in [5, 5.41) is 9.70. The van der Waals surface area contributed by atoms with Gasteiger partial charge in [0.15, 0.2) is 11.6 Å². The van der Waals surface area contributed by atoms with Crippen molar-refractivity contribution in [2.45, 2.75) is 24.0 Å². The molecule has 19 heavy (non-hydrogen) atoms. The Morgan fingerprint density at radius 3 is 2.63 bits per heavy atom. The Morgan fingerprint density at radius 1 is 1.26 bits per heavy atom. The maximum Gasteiger partial charge on any atom is 0.159 e. The fourth-order valence-electron chi connectivity index (χ4n) is 1.37. The predicted molar refractivity (Wildman–Crippen MR) is 70.4 cm³/mol. The van der Waals surface area contributed by atoms with Gasteiger partial charge in [0.1, 0.15) is 0 Å². The minimum absolute atomic E-state index is 0.0899. The number of hydrogen-bond acceptors (Lipinski definition) is 4. The fourth-order valence-corrected chi connectivity index (χ4v) is 2.20. The summed E-state index contributed by atoms with van der Waals surface area (Å²) < 4.78 is 35.9. The summed E-state index contributed by atoms with van der Waals surface area (Å²) in [4.78, 5) is 0.572. The summed E-state index contributed by atoms with van der Waals surface area (Å²) in [6.45, 7) is 2.49. The highest BCUT2D eigenvalue weighted by Gasteiger charge is 2.10. The molecule has 0 aliphatic rings. The van der Waals surface area contributed by atoms with Crippen molar-refractivity contribution in [3.63, 3.8) is 0 Å². The van der Waals surface area contributed by atoms with E-state index in [1.807, 2.05) is 6.92 Å². The first-order chi connectivity index (χ1) is 9.02. The number of ether oxygens (including phenoxy) is 2. The van der Waals surface area contributed by atoms with Crippen molar-refractivity contribution >= 4 is 11.8 Å². The van der Waals surface area contributed by atoms with Gasteiger partial charge in [-0.1, -0.05) is 0 Å². The molecule has 1 aromatic rings. The van der Waals surface area contributed by atoms with Gasteiger partial charge in [0.2, 0.25) is 0 Å². The van der Waals surface area contributed by atoms with Gasteiger partial charge in [0, 0.05) is 17.8 Å². The van der Waals surface area contributed by atoms with E-state index in [4.69, 9.17) is 9.47 Å². The lowest BCUT2D eigenvalue weighted by Gasteiger charge is -2.15. The first kappa shape index (κ1) is 16.4. The van der Waals surface area contributed by atoms with Crippen molar-refractivity contribution in [1.82, 2.24) is 0 Å². The molecule has 0 fully saturated rings. The van der Waals surface area contributed by atoms with E-state index in [1.54, 1.807) is 7.11 Å². The van der Waals surface area contributed by atoms with Crippen LogP contribution in [0.2, 0.25) is 0 Å². The van der Waals surface area contributed by atoms with Gasteiger partial charge in [-0.2, -0.15) is 0 Å². The maximum absolute atomic E-state index is 13.0. The van der Waals surface area contributed by atoms with Gasteiger partial charge in [0.05, 0.1) is 25.4 Å². The third kappa shape index (κ3) is 6.33. The zero-order chi connectivity index (χ0) is 14.3. The quantitative estimate of drug-likeness (QED) is 0.747. The first-order valence-corrected chi connectivity index (χ1v) is 6.88. The van der Waals surface area contributed by atoms with Crippen molar-refractivity contribution in [3.8, 4) is 0 Å². The molecule has 1 rings (SSSR count). The largest absolute Gasteiger partial charge is 0.390 e. The normalized spacial score (nSPS) is 14.4. The molecule has 2 atom stereocenters. The van der Waals surface area contributed by atoms with Crippen molar-refractivity contribution < 1.29 is 23.4 Å². The average molecular weight is 292 g/mol. The fraction of sp³-hybridized carbons (Fsp3) is 0.538. The Labute approximate surface area is 115 Å². The summed E-state index contributed by atoms with van der Waals surface area (Å²) in [7, 11) is 1.58. The van der Waals surface area contributed by atoms with E-state index < -0.39 is 17.7 Å². The summed E-state index contributed by atoms with van der Waals surface area (Å²) >= 11 is 1.25. The number of aliphatic hydroxyl groups is 1. The molecule has 0 saturated carbocycles. The monoisotopic (exact) mass is 292 g/mol. The molecule has 108 valence electrons. The number of aliphatic hydroxyl groups excluding tert-OH is 1. The lowest BCUT2D eigenvalue weighted by molar-refractivity contribution is -0.0257. The summed E-state index contributed by atoms with van der Waals surface area (Å²) in [5.74, 6) is -1.41. The molecule has 0 aromatic heterocycles. The molecule has 0 spiro atoms. The van der Waals surface area contributed by atoms with E-state index in [2.05, 4.69) is 0 Å². The average Bonchev–Trinajstić information content (AvgIpc) is 2.38. The molecule has 0 heterocycles. The van der Waals surface area contributed by atoms with Crippen molar-refractivity contribution in [2.75, 3.05) is 26.1 Å². The SMILES string of the molecule is COCC(C)OCC(O)CSc1ccc(F)c(F)c1. The van der Waals surface area contributed by atoms with Gasteiger partial charge in [-0.3, -0.25) is 0 Å². The molecular weight excluding hydrogens is 274 g/mol. The Kier molecular flexibility index (Phi) is 7.30. The van der Waals surface area contributed by atoms with Crippen LogP contribution >= 0.6 is 11.8 Å². The van der Waals surface area contributed by atoms with Gasteiger partial charge in [-0.05, 0) is 25.1 Å². The lowest BCUT2D eigenvalue weighted by atomic mass is 10.3. The highest BCUT2D eigenvalue weighted by atomic mass is 32.2. The van der Waals surface area contributed by atoms with Crippen LogP contribution in [-0.4, -0.2) is 43.4 Å². The van der Waals surface area contributed by atoms with Crippen LogP contribution in [0.4, 0.5) is 8.78 Å². The molecule has 0 aliphatic heterocycles. The summed E-state index contributed by atoms with van der Waals surface area (Å²) in [6, 6.07) is 3.66. The maximum atomic E-state index is 13.0. The zero-order valence-electron chi connectivity index (χ0n) is 10.9. The molecule has 3 nitrogen and oxygen atoms in total. The second-order valence-electron chi connectivity index (χ2n) is 4.14. The van der Waals surface area contributed by atoms with E-state index in [1.165, 1.54) is 17.8 Å². The number of methoxy groups -OCH3 is 1. The van der Waals surface area contributed by atoms with Crippen LogP contribution in [0.5, 0.6) is 0 Å². The molecule has 6 heteroatoms. The summed E-state index contributed by atoms with van der Waals surface area (Å²) in [5.41, 5.74) is 0. The van der Waals surface area contributed by atoms with E-state index >= 15 is 0 Å². The minimum Gasteiger partial charge on any atom is -0.390 e. The highest BCUT2D eigenvalue weighted by Crippen LogP contribution is 2.21. The van der Waals surface area contributed by atoms with Crippen molar-refractivity contribution in [1.29, 1.82) is 0 Å². The van der Waals surface area contributed by atoms with Gasteiger partial charge in [0.25, 0.3) is 0 Å². The van der Waals surface area contributed by atoms with Crippen LogP contribution in [0.3, 0.4) is 0 Å². The number of halogens is 2. The molecule has 0 saturated heterocycles. The second kappa shape index (κ2) is 8.47. The zero-order valence-corrected chi connectivity index (χ0v) is 11.8. The van der Waals surface area contributed by atoms with Gasteiger partial charge in [-0.25, -0.2) is 8.78 Å². The molecule has 1 aromatic carbocycles. The topological polar surface area (TPSA) is 38.7 Å². The number of thioether (sulfide) groups is 1. The van der Waals surface area contributed by atoms with Crippen molar-refractivity contribution in [2.24, 2.45) is 0 Å². The van der Waals surface area contributed by atoms with E-state index in [9.17, 15) is 13.9 Å². The van der Waals surface area contributed by atoms with Gasteiger partial charge in [-0.15, -0.1) is 11.8 Å². The number of benzene rings is 1. The molecule has 2 unspecified atom stereocenters. The highest BCUT2D eigenvalue weighted by molar-refractivity contribution is 7.99. The van der Waals surface area contributed by atoms with Gasteiger partial charge >= 0.3 is 0 Å². The third-order valence-corrected chi connectivity index (χ3v) is 3.45. The van der Waals surface area contributed by atoms with Crippen LogP contribution < -0.4 is 0 Å². The standard InChI is InChI=1S/C13H18F2O3S/c1-9(6-17-2)18-7-10(16)8-19-11-3-4-12(14)13(15)5-11/h3-5,9-10,16H,6-8H2,1-2H3. The molecule has 0 aliphatic carbocycles. The van der Waals surface area contributed by atoms with E-state index in [0.29, 0.717) is 17.3 Å². The van der Waals surface area contributed by atoms with Crippen LogP contribution in [0.1, 0.15) is 6.92 Å². The molecule has 0 amide bonds. The van der Waals surface area contributed by atoms with E-state index in [0.717, 1.165) is 12.1 Å². The number of rotatable bonds is 8. The second-order valence-corrected chi connectivity index (χ2v) is 5.23. The van der Waals surface area contributed by atoms with Crippen LogP contribution in [0.25, 0.3) is 0 Å². The number of hydrogen-bond donors (Lipinski definition) is 1. The van der Waals surface area contributed by atoms with Crippen LogP contribution in [0.15, 0.2) is 23.1 Å². The van der Waals surface area contributed by atoms with Gasteiger partial charge < -0.3 is 14.6 Å². The summed E-state index contributed by atoms with van der Waals surface area (Å²) in [6.07, 6.45) is -0.759. The Balaban J connectivity index is 2.29. The Bertz CT molecular complexity index is 390. The molecule has 0 radical (unpaired) electrons. The predicted octanol–water partition coefficient (Wildman–Crippen LogP) is 2.47. The van der Waals surface area contributed by atoms with Crippen LogP contribution in [0, 0.1) is 11.6 Å². The molecular formula is C13H18F2O3S. The van der Waals surface area contributed by atoms with Crippen LogP contribution in [-0.2, 0) is 9.47 Å². The van der Waals surface area contributed by atoms with E-state index in [-0.39, 0.29) is 12.7 Å². The first-order valence-electron chi connectivity index (χ1n) is 5.89. The molecule has 0 bridgehead atoms. The molecule has 1 N–H and O–H groups in total. The lowest BCUT2D eigenvalue weighted by Crippen LogP contribution is -2.24. The minimum atomic E-state index is -0.885. The third-order valence-electron chi connectivity index (χ3n) is 2.31. The smallest absolute Gasteiger partial charge is 0.159 e. The Hall–Kier alpha value is -0.690. The van der Waals surface area contributed by atoms with Crippen molar-refractivity contribution in [3.05, 3.63) is 29.8 Å². The Morgan fingerprint density at radius 2 is 2.00 bits per heavy atom.